The second-order valence-electron chi connectivity index (χ2n) is 4.21. The van der Waals surface area contributed by atoms with Crippen LogP contribution in [0, 0.1) is 0 Å². The molecule has 3 rings (SSSR count). The van der Waals surface area contributed by atoms with Crippen LogP contribution in [-0.4, -0.2) is 9.13 Å². The molecule has 0 unspecified atom stereocenters. The summed E-state index contributed by atoms with van der Waals surface area (Å²) in [7, 11) is 3.96. The molecule has 0 saturated carbocycles. The van der Waals surface area contributed by atoms with Gasteiger partial charge < -0.3 is 20.6 Å². The minimum Gasteiger partial charge on any atom is -0.395 e. The lowest BCUT2D eigenvalue weighted by atomic mass is 10.2. The van der Waals surface area contributed by atoms with E-state index in [0.717, 1.165) is 10.9 Å². The lowest BCUT2D eigenvalue weighted by Gasteiger charge is -2.00. The van der Waals surface area contributed by atoms with E-state index in [-0.39, 0.29) is 0 Å². The fourth-order valence-corrected chi connectivity index (χ4v) is 2.25. The van der Waals surface area contributed by atoms with Crippen LogP contribution in [0.25, 0.3) is 21.8 Å². The minimum absolute atomic E-state index is 0.630. The van der Waals surface area contributed by atoms with Crippen LogP contribution >= 0.6 is 0 Å². The summed E-state index contributed by atoms with van der Waals surface area (Å²) >= 11 is 0. The Morgan fingerprint density at radius 1 is 1.06 bits per heavy atom. The first-order valence-electron chi connectivity index (χ1n) is 5.18. The van der Waals surface area contributed by atoms with Gasteiger partial charge in [0.1, 0.15) is 5.82 Å². The maximum Gasteiger partial charge on any atom is 0.127 e. The van der Waals surface area contributed by atoms with Crippen molar-refractivity contribution in [2.75, 3.05) is 11.5 Å². The van der Waals surface area contributed by atoms with Crippen LogP contribution in [-0.2, 0) is 14.1 Å². The summed E-state index contributed by atoms with van der Waals surface area (Å²) in [4.78, 5) is 0. The van der Waals surface area contributed by atoms with Gasteiger partial charge in [-0.1, -0.05) is 0 Å². The van der Waals surface area contributed by atoms with E-state index in [0.29, 0.717) is 11.5 Å². The van der Waals surface area contributed by atoms with Crippen molar-refractivity contribution >= 4 is 33.3 Å². The molecule has 0 bridgehead atoms. The summed E-state index contributed by atoms with van der Waals surface area (Å²) in [5, 5.41) is 2.21. The Balaban J connectivity index is 2.57. The van der Waals surface area contributed by atoms with Crippen molar-refractivity contribution in [3.05, 3.63) is 24.4 Å². The zero-order valence-corrected chi connectivity index (χ0v) is 9.36. The van der Waals surface area contributed by atoms with E-state index in [2.05, 4.69) is 22.8 Å². The van der Waals surface area contributed by atoms with Gasteiger partial charge in [-0.2, -0.15) is 0 Å². The summed E-state index contributed by atoms with van der Waals surface area (Å²) in [5.74, 6) is 0.630. The Morgan fingerprint density at radius 3 is 2.56 bits per heavy atom. The van der Waals surface area contributed by atoms with E-state index in [1.807, 2.05) is 24.9 Å². The molecular weight excluding hydrogens is 200 g/mol. The number of rotatable bonds is 0. The topological polar surface area (TPSA) is 61.9 Å². The monoisotopic (exact) mass is 214 g/mol. The first kappa shape index (κ1) is 9.15. The number of nitrogens with two attached hydrogens (primary N) is 2. The number of aromatic nitrogens is 2. The highest BCUT2D eigenvalue weighted by atomic mass is 15.0. The van der Waals surface area contributed by atoms with Gasteiger partial charge in [-0.25, -0.2) is 0 Å². The van der Waals surface area contributed by atoms with Gasteiger partial charge in [0.2, 0.25) is 0 Å². The molecule has 0 atom stereocenters. The molecule has 0 fully saturated rings. The van der Waals surface area contributed by atoms with Crippen LogP contribution in [0.15, 0.2) is 24.4 Å². The van der Waals surface area contributed by atoms with Crippen molar-refractivity contribution in [1.29, 1.82) is 0 Å². The van der Waals surface area contributed by atoms with Crippen molar-refractivity contribution in [2.24, 2.45) is 14.1 Å². The third kappa shape index (κ3) is 0.934. The number of nitrogens with zero attached hydrogens (tertiary/aromatic N) is 2. The van der Waals surface area contributed by atoms with Crippen molar-refractivity contribution in [2.45, 2.75) is 0 Å². The van der Waals surface area contributed by atoms with Crippen LogP contribution in [0.2, 0.25) is 0 Å². The molecule has 16 heavy (non-hydrogen) atoms. The van der Waals surface area contributed by atoms with E-state index in [9.17, 15) is 0 Å². The molecule has 82 valence electrons. The van der Waals surface area contributed by atoms with Crippen LogP contribution in [0.1, 0.15) is 0 Å². The van der Waals surface area contributed by atoms with Gasteiger partial charge in [-0.3, -0.25) is 0 Å². The largest absolute Gasteiger partial charge is 0.395 e. The van der Waals surface area contributed by atoms with Crippen LogP contribution < -0.4 is 11.5 Å². The average molecular weight is 214 g/mol. The lowest BCUT2D eigenvalue weighted by Crippen LogP contribution is -1.97. The molecule has 3 aromatic rings. The molecule has 4 nitrogen and oxygen atoms in total. The minimum atomic E-state index is 0.630. The fourth-order valence-electron chi connectivity index (χ4n) is 2.25. The Labute approximate surface area is 93.0 Å². The van der Waals surface area contributed by atoms with Crippen molar-refractivity contribution in [3.8, 4) is 0 Å². The van der Waals surface area contributed by atoms with Gasteiger partial charge in [0.15, 0.2) is 0 Å². The Morgan fingerprint density at radius 2 is 1.81 bits per heavy atom. The fraction of sp³-hybridized carbons (Fsp3) is 0.167. The zero-order chi connectivity index (χ0) is 11.4. The zero-order valence-electron chi connectivity index (χ0n) is 9.36. The van der Waals surface area contributed by atoms with Crippen LogP contribution in [0.3, 0.4) is 0 Å². The number of hydrogen-bond donors (Lipinski definition) is 2. The molecule has 0 spiro atoms. The summed E-state index contributed by atoms with van der Waals surface area (Å²) in [5.41, 5.74) is 14.8. The van der Waals surface area contributed by atoms with Crippen molar-refractivity contribution < 1.29 is 0 Å². The van der Waals surface area contributed by atoms with Crippen LogP contribution in [0.4, 0.5) is 11.5 Å². The van der Waals surface area contributed by atoms with E-state index in [1.54, 1.807) is 0 Å². The van der Waals surface area contributed by atoms with Gasteiger partial charge in [-0.05, 0) is 18.2 Å². The average Bonchev–Trinajstić information content (AvgIpc) is 2.74. The third-order valence-corrected chi connectivity index (χ3v) is 3.29. The lowest BCUT2D eigenvalue weighted by molar-refractivity contribution is 0.963. The highest BCUT2D eigenvalue weighted by Gasteiger charge is 2.11. The smallest absolute Gasteiger partial charge is 0.127 e. The van der Waals surface area contributed by atoms with Gasteiger partial charge in [0, 0.05) is 36.6 Å². The maximum absolute atomic E-state index is 5.98. The summed E-state index contributed by atoms with van der Waals surface area (Å²) < 4.78 is 4.02. The summed E-state index contributed by atoms with van der Waals surface area (Å²) in [6.45, 7) is 0. The second-order valence-corrected chi connectivity index (χ2v) is 4.21. The molecule has 0 saturated heterocycles. The number of fused-ring (bicyclic) bond motifs is 2. The number of aryl methyl sites for hydroxylation is 2. The number of benzene rings is 1. The molecule has 0 amide bonds. The number of anilines is 2. The highest BCUT2D eigenvalue weighted by Crippen LogP contribution is 2.32. The molecule has 0 aliphatic rings. The molecular formula is C12H14N4. The molecule has 0 radical (unpaired) electrons. The van der Waals surface area contributed by atoms with Gasteiger partial charge in [-0.15, -0.1) is 0 Å². The SMILES string of the molecule is Cn1ccc2cc3c(N)c(N)n(C)c3cc21. The predicted molar refractivity (Wildman–Crippen MR) is 68.2 cm³/mol. The quantitative estimate of drug-likeness (QED) is 0.599. The molecule has 4 N–H and O–H groups in total. The molecule has 2 aromatic heterocycles. The molecule has 1 aromatic carbocycles. The van der Waals surface area contributed by atoms with Gasteiger partial charge in [0.05, 0.1) is 11.2 Å². The second kappa shape index (κ2) is 2.72. The summed E-state index contributed by atoms with van der Waals surface area (Å²) in [6.07, 6.45) is 2.04. The third-order valence-electron chi connectivity index (χ3n) is 3.29. The number of nitrogen functional groups attached to an aromatic ring is 2. The Bertz CT molecular complexity index is 703. The predicted octanol–water partition coefficient (Wildman–Crippen LogP) is 1.83. The van der Waals surface area contributed by atoms with E-state index >= 15 is 0 Å². The van der Waals surface area contributed by atoms with Gasteiger partial charge >= 0.3 is 0 Å². The van der Waals surface area contributed by atoms with Crippen molar-refractivity contribution in [1.82, 2.24) is 9.13 Å². The first-order valence-corrected chi connectivity index (χ1v) is 5.18. The Hall–Kier alpha value is -2.10. The van der Waals surface area contributed by atoms with E-state index in [1.165, 1.54) is 10.9 Å². The molecule has 0 aliphatic heterocycles. The Kier molecular flexibility index (Phi) is 1.56. The number of hydrogen-bond acceptors (Lipinski definition) is 2. The van der Waals surface area contributed by atoms with Crippen LogP contribution in [0.5, 0.6) is 0 Å². The summed E-state index contributed by atoms with van der Waals surface area (Å²) in [6, 6.07) is 6.30. The molecule has 2 heterocycles. The van der Waals surface area contributed by atoms with Crippen molar-refractivity contribution in [3.63, 3.8) is 0 Å². The highest BCUT2D eigenvalue weighted by molar-refractivity contribution is 6.05. The normalized spacial score (nSPS) is 11.6. The molecule has 0 aliphatic carbocycles. The molecule has 4 heteroatoms. The maximum atomic E-state index is 5.98. The standard InChI is InChI=1S/C12H14N4/c1-15-4-3-7-5-8-10(6-9(7)15)16(2)12(14)11(8)13/h3-6H,13-14H2,1-2H3. The van der Waals surface area contributed by atoms with Gasteiger partial charge in [0.25, 0.3) is 0 Å². The first-order chi connectivity index (χ1) is 7.59. The van der Waals surface area contributed by atoms with E-state index < -0.39 is 0 Å². The van der Waals surface area contributed by atoms with E-state index in [4.69, 9.17) is 11.5 Å².